The number of aromatic nitrogens is 3. The van der Waals surface area contributed by atoms with Crippen molar-refractivity contribution in [2.75, 3.05) is 31.7 Å². The monoisotopic (exact) mass is 810 g/mol. The van der Waals surface area contributed by atoms with Crippen LogP contribution >= 0.6 is 7.82 Å². The number of benzene rings is 2. The third-order valence-electron chi connectivity index (χ3n) is 10.1. The second-order valence-corrected chi connectivity index (χ2v) is 16.2. The van der Waals surface area contributed by atoms with Gasteiger partial charge in [0.15, 0.2) is 0 Å². The Bertz CT molecular complexity index is 1860. The highest BCUT2D eigenvalue weighted by Gasteiger charge is 2.39. The lowest BCUT2D eigenvalue weighted by atomic mass is 9.95. The van der Waals surface area contributed by atoms with Crippen LogP contribution in [0.2, 0.25) is 0 Å². The molecule has 5 rings (SSSR count). The van der Waals surface area contributed by atoms with Crippen molar-refractivity contribution in [3.63, 3.8) is 0 Å². The molecule has 310 valence electrons. The van der Waals surface area contributed by atoms with Gasteiger partial charge >= 0.3 is 13.8 Å². The van der Waals surface area contributed by atoms with E-state index in [2.05, 4.69) is 20.9 Å². The summed E-state index contributed by atoms with van der Waals surface area (Å²) >= 11 is 0. The number of phosphoric acid groups is 1. The van der Waals surface area contributed by atoms with Crippen LogP contribution in [-0.4, -0.2) is 108 Å². The van der Waals surface area contributed by atoms with Crippen LogP contribution in [0.15, 0.2) is 48.5 Å². The second-order valence-electron chi connectivity index (χ2n) is 14.8. The summed E-state index contributed by atoms with van der Waals surface area (Å²) < 4.78 is 36.4. The standard InChI is InChI=1S/C39H56BN6O10P/c1-26(2)53-25-33-32(23-34(40)55-33)56-57(51,52)54-22-11-5-4-10-20-42-35(47)18-19-36(48)45-24-27-13-6-7-14-28(27)38-37(29-15-8-9-17-31(29)45)43-44-46(38)21-12-16-30(41-3)39(49)50/h6-9,13-15,17,26,30,32-34,41H,4-5,10-12,16,18-25,40H2,1-3H3,(H,42,47)(H,49,50)(H,51,52)/t30?,32?,33-,34-/m1/s1. The number of unbranched alkanes of at least 4 members (excludes halogenated alkanes) is 3. The molecule has 0 spiro atoms. The van der Waals surface area contributed by atoms with Crippen molar-refractivity contribution in [2.45, 2.75) is 115 Å². The van der Waals surface area contributed by atoms with E-state index in [1.54, 1.807) is 11.9 Å². The zero-order valence-electron chi connectivity index (χ0n) is 33.3. The zero-order valence-corrected chi connectivity index (χ0v) is 34.2. The average Bonchev–Trinajstić information content (AvgIpc) is 3.75. The number of hydrogen-bond donors (Lipinski definition) is 4. The maximum atomic E-state index is 13.9. The highest BCUT2D eigenvalue weighted by Crippen LogP contribution is 2.47. The first-order valence-electron chi connectivity index (χ1n) is 19.9. The predicted octanol–water partition coefficient (Wildman–Crippen LogP) is 4.04. The number of carboxylic acid groups (broad SMARTS) is 1. The fourth-order valence-electron chi connectivity index (χ4n) is 7.13. The maximum Gasteiger partial charge on any atom is 0.472 e. The van der Waals surface area contributed by atoms with Crippen LogP contribution < -0.4 is 15.5 Å². The molecule has 1 saturated heterocycles. The van der Waals surface area contributed by atoms with Crippen molar-refractivity contribution in [3.05, 3.63) is 54.1 Å². The van der Waals surface area contributed by atoms with Crippen LogP contribution in [0.1, 0.15) is 77.2 Å². The van der Waals surface area contributed by atoms with Gasteiger partial charge in [0, 0.05) is 43.1 Å². The van der Waals surface area contributed by atoms with Gasteiger partial charge in [0.05, 0.1) is 43.3 Å². The number of amides is 2. The molecule has 0 aliphatic carbocycles. The normalized spacial score (nSPS) is 19.2. The predicted molar refractivity (Wildman–Crippen MR) is 216 cm³/mol. The van der Waals surface area contributed by atoms with Gasteiger partial charge in [0.2, 0.25) is 11.8 Å². The fourth-order valence-corrected chi connectivity index (χ4v) is 8.11. The van der Waals surface area contributed by atoms with E-state index >= 15 is 0 Å². The molecule has 1 fully saturated rings. The Balaban J connectivity index is 1.08. The number of carbonyl (C=O) groups is 3. The number of likely N-dealkylation sites (N-methyl/N-ethyl adjacent to an activating group) is 1. The maximum absolute atomic E-state index is 13.9. The minimum Gasteiger partial charge on any atom is -0.480 e. The molecule has 2 aromatic carbocycles. The molecule has 57 heavy (non-hydrogen) atoms. The molecule has 0 saturated carbocycles. The number of aliphatic carboxylic acids is 1. The quantitative estimate of drug-likeness (QED) is 0.0644. The van der Waals surface area contributed by atoms with Crippen LogP contribution in [0, 0.1) is 0 Å². The molecule has 4 N–H and O–H groups in total. The molecule has 16 nitrogen and oxygen atoms in total. The van der Waals surface area contributed by atoms with Gasteiger partial charge in [-0.1, -0.05) is 60.5 Å². The Morgan fingerprint density at radius 1 is 1.04 bits per heavy atom. The molecule has 0 radical (unpaired) electrons. The van der Waals surface area contributed by atoms with Gasteiger partial charge in [-0.3, -0.25) is 23.4 Å². The number of ether oxygens (including phenoxy) is 2. The summed E-state index contributed by atoms with van der Waals surface area (Å²) in [5, 5.41) is 24.2. The van der Waals surface area contributed by atoms with Gasteiger partial charge < -0.3 is 35.0 Å². The summed E-state index contributed by atoms with van der Waals surface area (Å²) in [6.07, 6.45) is 3.24. The van der Waals surface area contributed by atoms with E-state index in [4.69, 9.17) is 18.5 Å². The zero-order chi connectivity index (χ0) is 41.0. The number of fused-ring (bicyclic) bond motifs is 5. The summed E-state index contributed by atoms with van der Waals surface area (Å²) in [6.45, 7) is 5.34. The van der Waals surface area contributed by atoms with Gasteiger partial charge in [0.25, 0.3) is 0 Å². The SMILES string of the molecule is B[C@H]1CC(OP(=O)(O)OCCCCCCNC(=O)CCC(=O)N2Cc3ccccc3-c3c(nnn3CCCC(NC)C(=O)O)-c3ccccc32)[C@@H](COC(C)C)O1. The number of carbonyl (C=O) groups excluding carboxylic acids is 2. The molecular weight excluding hydrogens is 754 g/mol. The number of nitrogens with zero attached hydrogens (tertiary/aromatic N) is 4. The fraction of sp³-hybridized carbons (Fsp3) is 0.564. The van der Waals surface area contributed by atoms with Crippen molar-refractivity contribution >= 4 is 39.1 Å². The topological polar surface area (TPSA) is 204 Å². The molecule has 2 aliphatic rings. The van der Waals surface area contributed by atoms with Gasteiger partial charge in [-0.25, -0.2) is 9.25 Å². The van der Waals surface area contributed by atoms with Crippen molar-refractivity contribution < 1.29 is 47.5 Å². The Hall–Kier alpha value is -3.96. The molecular formula is C39H56BN6O10P. The minimum absolute atomic E-state index is 0.00367. The molecule has 1 aromatic heterocycles. The Kier molecular flexibility index (Phi) is 16.4. The van der Waals surface area contributed by atoms with Gasteiger partial charge in [-0.05, 0) is 64.6 Å². The van der Waals surface area contributed by atoms with Crippen molar-refractivity contribution in [1.82, 2.24) is 25.6 Å². The molecule has 3 aromatic rings. The summed E-state index contributed by atoms with van der Waals surface area (Å²) in [6, 6.07) is 14.5. The van der Waals surface area contributed by atoms with Gasteiger partial charge in [-0.15, -0.1) is 5.10 Å². The van der Waals surface area contributed by atoms with Crippen LogP contribution in [0.4, 0.5) is 5.69 Å². The largest absolute Gasteiger partial charge is 0.480 e. The summed E-state index contributed by atoms with van der Waals surface area (Å²) in [5.74, 6) is -1.32. The number of nitrogens with one attached hydrogen (secondary N) is 2. The number of anilines is 1. The number of carboxylic acids is 1. The molecule has 3 heterocycles. The first-order chi connectivity index (χ1) is 27.4. The molecule has 18 heteroatoms. The second kappa shape index (κ2) is 21.2. The third kappa shape index (κ3) is 12.5. The lowest BCUT2D eigenvalue weighted by molar-refractivity contribution is -0.139. The smallest absolute Gasteiger partial charge is 0.472 e. The van der Waals surface area contributed by atoms with Crippen LogP contribution in [0.25, 0.3) is 22.5 Å². The Morgan fingerprint density at radius 3 is 2.53 bits per heavy atom. The van der Waals surface area contributed by atoms with Crippen LogP contribution in [-0.2, 0) is 50.6 Å². The highest BCUT2D eigenvalue weighted by atomic mass is 31.2. The van der Waals surface area contributed by atoms with Crippen molar-refractivity contribution in [1.29, 1.82) is 0 Å². The van der Waals surface area contributed by atoms with Gasteiger partial charge in [-0.2, -0.15) is 0 Å². The lowest BCUT2D eigenvalue weighted by Gasteiger charge is -2.28. The average molecular weight is 811 g/mol. The van der Waals surface area contributed by atoms with E-state index in [-0.39, 0.29) is 56.5 Å². The van der Waals surface area contributed by atoms with E-state index < -0.39 is 32.0 Å². The van der Waals surface area contributed by atoms with Crippen LogP contribution in [0.5, 0.6) is 0 Å². The van der Waals surface area contributed by atoms with Crippen LogP contribution in [0.3, 0.4) is 0 Å². The highest BCUT2D eigenvalue weighted by molar-refractivity contribution is 7.47. The third-order valence-corrected chi connectivity index (χ3v) is 11.1. The van der Waals surface area contributed by atoms with E-state index in [0.717, 1.165) is 35.2 Å². The lowest BCUT2D eigenvalue weighted by Crippen LogP contribution is -2.34. The van der Waals surface area contributed by atoms with E-state index in [0.29, 0.717) is 56.6 Å². The number of rotatable bonds is 22. The number of phosphoric ester groups is 1. The molecule has 2 aliphatic heterocycles. The number of para-hydroxylation sites is 1. The van der Waals surface area contributed by atoms with Gasteiger partial charge in [0.1, 0.15) is 25.7 Å². The molecule has 3 unspecified atom stereocenters. The van der Waals surface area contributed by atoms with E-state index in [1.807, 2.05) is 74.9 Å². The van der Waals surface area contributed by atoms with E-state index in [9.17, 15) is 28.9 Å². The van der Waals surface area contributed by atoms with E-state index in [1.165, 1.54) is 0 Å². The Labute approximate surface area is 335 Å². The van der Waals surface area contributed by atoms with Crippen molar-refractivity contribution in [2.24, 2.45) is 0 Å². The summed E-state index contributed by atoms with van der Waals surface area (Å²) in [7, 11) is -0.750. The molecule has 5 atom stereocenters. The minimum atomic E-state index is -4.26. The summed E-state index contributed by atoms with van der Waals surface area (Å²) in [4.78, 5) is 50.2. The first-order valence-corrected chi connectivity index (χ1v) is 21.4. The molecule has 0 bridgehead atoms. The molecule has 2 amide bonds. The number of hydrogen-bond acceptors (Lipinski definition) is 11. The Morgan fingerprint density at radius 2 is 1.77 bits per heavy atom. The van der Waals surface area contributed by atoms with Crippen molar-refractivity contribution in [3.8, 4) is 22.5 Å². The first kappa shape index (κ1) is 44.2. The summed E-state index contributed by atoms with van der Waals surface area (Å²) in [5.41, 5.74) is 4.61. The number of aryl methyl sites for hydroxylation is 1.